The molecule has 0 aliphatic heterocycles. The zero-order chi connectivity index (χ0) is 9.10. The molecule has 0 unspecified atom stereocenters. The van der Waals surface area contributed by atoms with E-state index >= 15 is 0 Å². The molecule has 68 valence electrons. The summed E-state index contributed by atoms with van der Waals surface area (Å²) in [6, 6.07) is 2.01. The van der Waals surface area contributed by atoms with E-state index in [1.54, 1.807) is 6.20 Å². The lowest BCUT2D eigenvalue weighted by atomic mass is 10.3. The summed E-state index contributed by atoms with van der Waals surface area (Å²) in [5.74, 6) is 0. The summed E-state index contributed by atoms with van der Waals surface area (Å²) >= 11 is 8.81. The number of anilines is 1. The van der Waals surface area contributed by atoms with Crippen molar-refractivity contribution in [2.75, 3.05) is 5.32 Å². The molecule has 2 rings (SSSR count). The Morgan fingerprint density at radius 3 is 3.08 bits per heavy atom. The molecular formula is C7H6ClN3S2. The molecule has 2 heterocycles. The molecule has 0 aliphatic carbocycles. The third-order valence-corrected chi connectivity index (χ3v) is 3.38. The van der Waals surface area contributed by atoms with Gasteiger partial charge in [0, 0.05) is 23.6 Å². The van der Waals surface area contributed by atoms with E-state index in [4.69, 9.17) is 11.6 Å². The van der Waals surface area contributed by atoms with Crippen LogP contribution in [0.15, 0.2) is 17.6 Å². The van der Waals surface area contributed by atoms with Crippen molar-refractivity contribution < 1.29 is 0 Å². The van der Waals surface area contributed by atoms with Crippen LogP contribution in [-0.4, -0.2) is 9.59 Å². The number of rotatable bonds is 3. The van der Waals surface area contributed by atoms with Gasteiger partial charge in [-0.1, -0.05) is 16.1 Å². The monoisotopic (exact) mass is 231 g/mol. The van der Waals surface area contributed by atoms with E-state index in [1.807, 2.05) is 11.4 Å². The predicted molar refractivity (Wildman–Crippen MR) is 56.6 cm³/mol. The van der Waals surface area contributed by atoms with Gasteiger partial charge in [0.1, 0.15) is 5.00 Å². The summed E-state index contributed by atoms with van der Waals surface area (Å²) in [5, 5.41) is 9.84. The smallest absolute Gasteiger partial charge is 0.130 e. The SMILES string of the molecule is Clc1sccc1CNc1cnns1. The van der Waals surface area contributed by atoms with Crippen LogP contribution in [0.3, 0.4) is 0 Å². The summed E-state index contributed by atoms with van der Waals surface area (Å²) in [5.41, 5.74) is 1.11. The molecule has 6 heteroatoms. The fraction of sp³-hybridized carbons (Fsp3) is 0.143. The van der Waals surface area contributed by atoms with Gasteiger partial charge in [-0.25, -0.2) is 0 Å². The molecule has 0 fully saturated rings. The van der Waals surface area contributed by atoms with E-state index in [0.717, 1.165) is 21.4 Å². The molecular weight excluding hydrogens is 226 g/mol. The minimum atomic E-state index is 0.728. The van der Waals surface area contributed by atoms with Crippen molar-refractivity contribution in [3.63, 3.8) is 0 Å². The maximum Gasteiger partial charge on any atom is 0.130 e. The number of hydrogen-bond donors (Lipinski definition) is 1. The van der Waals surface area contributed by atoms with Crippen molar-refractivity contribution in [3.05, 3.63) is 27.5 Å². The highest BCUT2D eigenvalue weighted by molar-refractivity contribution is 7.14. The summed E-state index contributed by atoms with van der Waals surface area (Å²) < 4.78 is 4.58. The largest absolute Gasteiger partial charge is 0.370 e. The Bertz CT molecular complexity index is 371. The maximum absolute atomic E-state index is 5.93. The van der Waals surface area contributed by atoms with Crippen LogP contribution >= 0.6 is 34.5 Å². The number of halogens is 1. The lowest BCUT2D eigenvalue weighted by Crippen LogP contribution is -1.95. The molecule has 3 nitrogen and oxygen atoms in total. The van der Waals surface area contributed by atoms with Crippen LogP contribution in [-0.2, 0) is 6.54 Å². The van der Waals surface area contributed by atoms with Crippen LogP contribution in [0.5, 0.6) is 0 Å². The number of nitrogens with zero attached hydrogens (tertiary/aromatic N) is 2. The second-order valence-corrected chi connectivity index (χ2v) is 4.66. The van der Waals surface area contributed by atoms with Crippen molar-refractivity contribution >= 4 is 39.5 Å². The molecule has 0 radical (unpaired) electrons. The highest BCUT2D eigenvalue weighted by Gasteiger charge is 2.01. The molecule has 0 saturated heterocycles. The van der Waals surface area contributed by atoms with Gasteiger partial charge in [-0.05, 0) is 11.4 Å². The van der Waals surface area contributed by atoms with E-state index in [-0.39, 0.29) is 0 Å². The van der Waals surface area contributed by atoms with Gasteiger partial charge in [-0.15, -0.1) is 16.4 Å². The van der Waals surface area contributed by atoms with Crippen molar-refractivity contribution in [1.82, 2.24) is 9.59 Å². The van der Waals surface area contributed by atoms with Crippen molar-refractivity contribution in [3.8, 4) is 0 Å². The first-order valence-electron chi connectivity index (χ1n) is 3.59. The van der Waals surface area contributed by atoms with E-state index in [2.05, 4.69) is 14.9 Å². The average molecular weight is 232 g/mol. The van der Waals surface area contributed by atoms with Crippen molar-refractivity contribution in [1.29, 1.82) is 0 Å². The van der Waals surface area contributed by atoms with Crippen LogP contribution in [0.2, 0.25) is 4.34 Å². The topological polar surface area (TPSA) is 37.8 Å². The Hall–Kier alpha value is -0.650. The summed E-state index contributed by atoms with van der Waals surface area (Å²) in [4.78, 5) is 0. The van der Waals surface area contributed by atoms with Crippen molar-refractivity contribution in [2.45, 2.75) is 6.54 Å². The summed E-state index contributed by atoms with van der Waals surface area (Å²) in [6.07, 6.45) is 1.70. The van der Waals surface area contributed by atoms with E-state index in [1.165, 1.54) is 22.9 Å². The Labute approximate surface area is 88.5 Å². The molecule has 0 spiro atoms. The van der Waals surface area contributed by atoms with Gasteiger partial charge in [0.2, 0.25) is 0 Å². The standard InChI is InChI=1S/C7H6ClN3S2/c8-7-5(1-2-12-7)3-9-6-4-10-11-13-6/h1-2,4,9H,3H2. The van der Waals surface area contributed by atoms with Gasteiger partial charge in [-0.2, -0.15) is 0 Å². The minimum Gasteiger partial charge on any atom is -0.370 e. The lowest BCUT2D eigenvalue weighted by molar-refractivity contribution is 1.14. The maximum atomic E-state index is 5.93. The van der Waals surface area contributed by atoms with Gasteiger partial charge in [-0.3, -0.25) is 0 Å². The van der Waals surface area contributed by atoms with E-state index in [9.17, 15) is 0 Å². The zero-order valence-electron chi connectivity index (χ0n) is 6.53. The number of hydrogen-bond acceptors (Lipinski definition) is 5. The Balaban J connectivity index is 1.97. The second-order valence-electron chi connectivity index (χ2n) is 2.35. The van der Waals surface area contributed by atoms with Crippen LogP contribution in [0, 0.1) is 0 Å². The van der Waals surface area contributed by atoms with Gasteiger partial charge < -0.3 is 5.32 Å². The second kappa shape index (κ2) is 4.04. The van der Waals surface area contributed by atoms with E-state index < -0.39 is 0 Å². The summed E-state index contributed by atoms with van der Waals surface area (Å²) in [7, 11) is 0. The third kappa shape index (κ3) is 2.18. The van der Waals surface area contributed by atoms with Crippen LogP contribution < -0.4 is 5.32 Å². The fourth-order valence-corrected chi connectivity index (χ4v) is 2.21. The van der Waals surface area contributed by atoms with Crippen LogP contribution in [0.4, 0.5) is 5.00 Å². The van der Waals surface area contributed by atoms with E-state index in [0.29, 0.717) is 0 Å². The van der Waals surface area contributed by atoms with Crippen LogP contribution in [0.25, 0.3) is 0 Å². The van der Waals surface area contributed by atoms with Gasteiger partial charge in [0.15, 0.2) is 0 Å². The first kappa shape index (κ1) is 8.93. The Morgan fingerprint density at radius 2 is 2.46 bits per heavy atom. The number of nitrogens with one attached hydrogen (secondary N) is 1. The molecule has 0 aromatic carbocycles. The molecule has 0 bridgehead atoms. The average Bonchev–Trinajstić information content (AvgIpc) is 2.72. The Morgan fingerprint density at radius 1 is 1.54 bits per heavy atom. The third-order valence-electron chi connectivity index (χ3n) is 1.51. The van der Waals surface area contributed by atoms with Crippen LogP contribution in [0.1, 0.15) is 5.56 Å². The number of aromatic nitrogens is 2. The molecule has 1 N–H and O–H groups in total. The molecule has 13 heavy (non-hydrogen) atoms. The first-order chi connectivity index (χ1) is 6.36. The number of thiophene rings is 1. The quantitative estimate of drug-likeness (QED) is 0.883. The van der Waals surface area contributed by atoms with Crippen molar-refractivity contribution in [2.24, 2.45) is 0 Å². The molecule has 0 aliphatic rings. The molecule has 0 atom stereocenters. The fourth-order valence-electron chi connectivity index (χ4n) is 0.873. The normalized spacial score (nSPS) is 10.2. The Kier molecular flexibility index (Phi) is 2.77. The lowest BCUT2D eigenvalue weighted by Gasteiger charge is -1.99. The first-order valence-corrected chi connectivity index (χ1v) is 5.62. The zero-order valence-corrected chi connectivity index (χ0v) is 8.92. The highest BCUT2D eigenvalue weighted by atomic mass is 35.5. The van der Waals surface area contributed by atoms with Gasteiger partial charge >= 0.3 is 0 Å². The molecule has 0 amide bonds. The summed E-state index contributed by atoms with van der Waals surface area (Å²) in [6.45, 7) is 0.728. The van der Waals surface area contributed by atoms with Gasteiger partial charge in [0.25, 0.3) is 0 Å². The molecule has 0 saturated carbocycles. The van der Waals surface area contributed by atoms with Gasteiger partial charge in [0.05, 0.1) is 10.5 Å². The molecule has 2 aromatic rings. The highest BCUT2D eigenvalue weighted by Crippen LogP contribution is 2.23. The minimum absolute atomic E-state index is 0.728. The predicted octanol–water partition coefficient (Wildman–Crippen LogP) is 2.87. The molecule has 2 aromatic heterocycles.